The van der Waals surface area contributed by atoms with Crippen LogP contribution in [0.1, 0.15) is 63.0 Å². The van der Waals surface area contributed by atoms with Crippen molar-refractivity contribution in [2.75, 3.05) is 39.2 Å². The zero-order valence-corrected chi connectivity index (χ0v) is 32.1. The third-order valence-corrected chi connectivity index (χ3v) is 10.5. The Morgan fingerprint density at radius 1 is 0.768 bits per heavy atom. The zero-order valence-electron chi connectivity index (χ0n) is 32.1. The predicted octanol–water partition coefficient (Wildman–Crippen LogP) is 6.06. The van der Waals surface area contributed by atoms with Gasteiger partial charge < -0.3 is 40.2 Å². The highest BCUT2D eigenvalue weighted by Gasteiger charge is 2.37. The molecule has 0 aliphatic carbocycles. The summed E-state index contributed by atoms with van der Waals surface area (Å²) in [6, 6.07) is 22.9. The van der Waals surface area contributed by atoms with Crippen molar-refractivity contribution in [1.82, 2.24) is 30.4 Å². The summed E-state index contributed by atoms with van der Waals surface area (Å²) in [4.78, 5) is 75.9. The van der Waals surface area contributed by atoms with Crippen LogP contribution in [0.3, 0.4) is 0 Å². The number of H-pyrrole nitrogens is 1. The topological polar surface area (TPSA) is 175 Å². The molecule has 56 heavy (non-hydrogen) atoms. The maximum Gasteiger partial charge on any atom is 0.407 e. The van der Waals surface area contributed by atoms with E-state index in [2.05, 4.69) is 25.9 Å². The van der Waals surface area contributed by atoms with Crippen LogP contribution in [0.15, 0.2) is 85.1 Å². The highest BCUT2D eigenvalue weighted by molar-refractivity contribution is 5.94. The molecular formula is C42H49N7O7. The highest BCUT2D eigenvalue weighted by atomic mass is 16.5. The molecule has 4 atom stereocenters. The number of ether oxygens (including phenoxy) is 2. The SMILES string of the molecule is COC(=O)N[C@H](C(=O)N1CCC[C@H]1c1ncc(-c2ccc(-c3ccc(NC(=O)C4CCCN(C(=O)[C@@H](NC(=O)OC)C(C)C)C4)cc3)cc2)[nH]1)c1ccccc1. The first-order valence-electron chi connectivity index (χ1n) is 19.0. The second-order valence-corrected chi connectivity index (χ2v) is 14.5. The van der Waals surface area contributed by atoms with Gasteiger partial charge in [-0.2, -0.15) is 0 Å². The summed E-state index contributed by atoms with van der Waals surface area (Å²) in [5.41, 5.74) is 5.04. The van der Waals surface area contributed by atoms with Crippen LogP contribution in [0, 0.1) is 11.8 Å². The van der Waals surface area contributed by atoms with Crippen molar-refractivity contribution in [3.8, 4) is 22.4 Å². The van der Waals surface area contributed by atoms with Gasteiger partial charge in [0.2, 0.25) is 11.8 Å². The summed E-state index contributed by atoms with van der Waals surface area (Å²) < 4.78 is 9.51. The Balaban J connectivity index is 1.06. The van der Waals surface area contributed by atoms with Gasteiger partial charge in [-0.1, -0.05) is 80.6 Å². The Morgan fingerprint density at radius 2 is 1.39 bits per heavy atom. The van der Waals surface area contributed by atoms with Crippen molar-refractivity contribution in [3.05, 3.63) is 96.4 Å². The van der Waals surface area contributed by atoms with Crippen molar-refractivity contribution >= 4 is 35.6 Å². The van der Waals surface area contributed by atoms with E-state index in [0.717, 1.165) is 35.2 Å². The number of benzene rings is 3. The number of piperidine rings is 1. The molecule has 6 rings (SSSR count). The second kappa shape index (κ2) is 18.0. The van der Waals surface area contributed by atoms with Crippen molar-refractivity contribution in [1.29, 1.82) is 0 Å². The molecule has 0 spiro atoms. The van der Waals surface area contributed by atoms with Gasteiger partial charge in [-0.25, -0.2) is 14.6 Å². The molecule has 1 aromatic heterocycles. The number of carbonyl (C=O) groups is 5. The van der Waals surface area contributed by atoms with E-state index in [1.807, 2.05) is 80.6 Å². The lowest BCUT2D eigenvalue weighted by Crippen LogP contribution is -2.54. The molecule has 3 aromatic carbocycles. The van der Waals surface area contributed by atoms with E-state index in [1.54, 1.807) is 28.1 Å². The lowest BCUT2D eigenvalue weighted by molar-refractivity contribution is -0.137. The molecule has 0 radical (unpaired) electrons. The van der Waals surface area contributed by atoms with Gasteiger partial charge in [0, 0.05) is 25.3 Å². The molecule has 1 unspecified atom stereocenters. The molecule has 3 heterocycles. The Hall–Kier alpha value is -6.18. The van der Waals surface area contributed by atoms with Gasteiger partial charge in [0.15, 0.2) is 0 Å². The molecule has 4 aromatic rings. The fourth-order valence-corrected chi connectivity index (χ4v) is 7.36. The van der Waals surface area contributed by atoms with Gasteiger partial charge in [-0.3, -0.25) is 14.4 Å². The Labute approximate surface area is 326 Å². The first-order chi connectivity index (χ1) is 27.1. The fraction of sp³-hybridized carbons (Fsp3) is 0.381. The third-order valence-electron chi connectivity index (χ3n) is 10.5. The Kier molecular flexibility index (Phi) is 12.7. The quantitative estimate of drug-likeness (QED) is 0.143. The van der Waals surface area contributed by atoms with Crippen LogP contribution < -0.4 is 16.0 Å². The average Bonchev–Trinajstić information content (AvgIpc) is 3.93. The molecule has 5 amide bonds. The molecule has 14 heteroatoms. The highest BCUT2D eigenvalue weighted by Crippen LogP contribution is 2.34. The van der Waals surface area contributed by atoms with Crippen molar-refractivity contribution < 1.29 is 33.4 Å². The first-order valence-corrected chi connectivity index (χ1v) is 19.0. The number of rotatable bonds is 11. The van der Waals surface area contributed by atoms with Crippen LogP contribution in [0.4, 0.5) is 15.3 Å². The van der Waals surface area contributed by atoms with E-state index in [4.69, 9.17) is 9.47 Å². The second-order valence-electron chi connectivity index (χ2n) is 14.5. The predicted molar refractivity (Wildman–Crippen MR) is 210 cm³/mol. The van der Waals surface area contributed by atoms with Gasteiger partial charge in [0.25, 0.3) is 5.91 Å². The molecule has 0 saturated carbocycles. The minimum Gasteiger partial charge on any atom is -0.453 e. The van der Waals surface area contributed by atoms with Gasteiger partial charge in [0.05, 0.1) is 38.1 Å². The summed E-state index contributed by atoms with van der Waals surface area (Å²) in [6.07, 6.45) is 3.32. The van der Waals surface area contributed by atoms with Crippen LogP contribution >= 0.6 is 0 Å². The van der Waals surface area contributed by atoms with E-state index >= 15 is 0 Å². The number of anilines is 1. The van der Waals surface area contributed by atoms with E-state index in [9.17, 15) is 24.0 Å². The average molecular weight is 764 g/mol. The molecule has 2 fully saturated rings. The number of alkyl carbamates (subject to hydrolysis) is 2. The minimum absolute atomic E-state index is 0.144. The van der Waals surface area contributed by atoms with Crippen LogP contribution in [0.2, 0.25) is 0 Å². The lowest BCUT2D eigenvalue weighted by Gasteiger charge is -2.35. The lowest BCUT2D eigenvalue weighted by atomic mass is 9.95. The van der Waals surface area contributed by atoms with Crippen LogP contribution in [-0.4, -0.2) is 89.6 Å². The van der Waals surface area contributed by atoms with Gasteiger partial charge in [0.1, 0.15) is 17.9 Å². The standard InChI is InChI=1S/C42H49N7O7/c1-26(2)35(46-41(53)55-3)39(51)48-22-8-12-31(25-48)38(50)44-32-20-18-28(19-21-32)27-14-16-29(17-15-27)33-24-43-37(45-33)34-13-9-23-49(34)40(52)36(47-42(54)56-4)30-10-6-5-7-11-30/h5-7,10-11,14-21,24,26,31,34-36H,8-9,12-13,22-23,25H2,1-4H3,(H,43,45)(H,44,50)(H,46,53)(H,47,54)/t31?,34-,35-,36-/m0/s1. The van der Waals surface area contributed by atoms with Crippen LogP contribution in [0.25, 0.3) is 22.4 Å². The number of nitrogens with zero attached hydrogens (tertiary/aromatic N) is 3. The maximum absolute atomic E-state index is 13.9. The Morgan fingerprint density at radius 3 is 2.05 bits per heavy atom. The first kappa shape index (κ1) is 39.5. The summed E-state index contributed by atoms with van der Waals surface area (Å²) in [7, 11) is 2.53. The van der Waals surface area contributed by atoms with Crippen molar-refractivity contribution in [3.63, 3.8) is 0 Å². The summed E-state index contributed by atoms with van der Waals surface area (Å²) in [5, 5.41) is 8.33. The van der Waals surface area contributed by atoms with E-state index < -0.39 is 24.3 Å². The molecule has 294 valence electrons. The fourth-order valence-electron chi connectivity index (χ4n) is 7.36. The van der Waals surface area contributed by atoms with E-state index in [1.165, 1.54) is 14.2 Å². The van der Waals surface area contributed by atoms with E-state index in [0.29, 0.717) is 43.0 Å². The number of imidazole rings is 1. The number of nitrogens with one attached hydrogen (secondary N) is 4. The number of aromatic nitrogens is 2. The molecule has 4 N–H and O–H groups in total. The summed E-state index contributed by atoms with van der Waals surface area (Å²) >= 11 is 0. The van der Waals surface area contributed by atoms with Crippen molar-refractivity contribution in [2.24, 2.45) is 11.8 Å². The molecule has 2 aliphatic heterocycles. The van der Waals surface area contributed by atoms with E-state index in [-0.39, 0.29) is 42.1 Å². The monoisotopic (exact) mass is 763 g/mol. The third kappa shape index (κ3) is 9.19. The number of hydrogen-bond acceptors (Lipinski definition) is 8. The molecule has 14 nitrogen and oxygen atoms in total. The number of hydrogen-bond donors (Lipinski definition) is 4. The normalized spacial score (nSPS) is 17.8. The largest absolute Gasteiger partial charge is 0.453 e. The number of carbonyl (C=O) groups excluding carboxylic acids is 5. The number of likely N-dealkylation sites (tertiary alicyclic amines) is 2. The number of methoxy groups -OCH3 is 2. The van der Waals surface area contributed by atoms with Crippen molar-refractivity contribution in [2.45, 2.75) is 57.7 Å². The van der Waals surface area contributed by atoms with Gasteiger partial charge in [-0.05, 0) is 66.0 Å². The van der Waals surface area contributed by atoms with Gasteiger partial charge >= 0.3 is 12.2 Å². The smallest absolute Gasteiger partial charge is 0.407 e. The summed E-state index contributed by atoms with van der Waals surface area (Å²) in [5.74, 6) is -0.437. The van der Waals surface area contributed by atoms with Crippen LogP contribution in [0.5, 0.6) is 0 Å². The summed E-state index contributed by atoms with van der Waals surface area (Å²) in [6.45, 7) is 5.05. The zero-order chi connectivity index (χ0) is 39.8. The molecule has 2 aliphatic rings. The number of aromatic amines is 1. The maximum atomic E-state index is 13.9. The number of amides is 5. The molecular weight excluding hydrogens is 715 g/mol. The minimum atomic E-state index is -0.890. The van der Waals surface area contributed by atoms with Gasteiger partial charge in [-0.15, -0.1) is 0 Å². The van der Waals surface area contributed by atoms with Crippen LogP contribution in [-0.2, 0) is 23.9 Å². The molecule has 2 saturated heterocycles. The molecule has 0 bridgehead atoms. The Bertz CT molecular complexity index is 2000.